The van der Waals surface area contributed by atoms with Crippen LogP contribution < -0.4 is 10.9 Å². The van der Waals surface area contributed by atoms with Crippen molar-refractivity contribution in [3.8, 4) is 0 Å². The number of amides is 4. The van der Waals surface area contributed by atoms with Gasteiger partial charge in [0.25, 0.3) is 11.5 Å². The standard InChI is InChI=1S/C27H31F2N3O5/c1-15(2)19-9-7-16(3)12-22(19)37-26(36)32-24(34)27(30-25(32)35,18-8-10-20(28)21(29)13-18)14-31-11-5-6-17(4)23(31)33/h5-6,8,10-11,13,15-16,19,22H,7,9,12,14H2,1-4H3,(H,30,35)/t16-,19+,22-,27+/m1/s1. The zero-order valence-electron chi connectivity index (χ0n) is 21.3. The molecule has 1 saturated carbocycles. The van der Waals surface area contributed by atoms with Gasteiger partial charge in [0.1, 0.15) is 6.10 Å². The molecule has 2 heterocycles. The van der Waals surface area contributed by atoms with Crippen LogP contribution in [0.2, 0.25) is 0 Å². The summed E-state index contributed by atoms with van der Waals surface area (Å²) < 4.78 is 34.9. The van der Waals surface area contributed by atoms with Crippen molar-refractivity contribution in [2.45, 2.75) is 65.1 Å². The van der Waals surface area contributed by atoms with Crippen LogP contribution in [0.3, 0.4) is 0 Å². The molecular formula is C27H31F2N3O5. The lowest BCUT2D eigenvalue weighted by Crippen LogP contribution is -2.50. The fourth-order valence-electron chi connectivity index (χ4n) is 5.37. The van der Waals surface area contributed by atoms with E-state index in [0.717, 1.165) is 31.0 Å². The maximum atomic E-state index is 14.3. The van der Waals surface area contributed by atoms with E-state index in [1.54, 1.807) is 19.1 Å². The molecule has 0 spiro atoms. The largest absolute Gasteiger partial charge is 0.445 e. The number of urea groups is 1. The summed E-state index contributed by atoms with van der Waals surface area (Å²) >= 11 is 0. The zero-order chi connectivity index (χ0) is 27.1. The van der Waals surface area contributed by atoms with Gasteiger partial charge in [-0.15, -0.1) is 0 Å². The molecule has 1 aromatic carbocycles. The first-order chi connectivity index (χ1) is 17.4. The molecule has 2 fully saturated rings. The maximum absolute atomic E-state index is 14.3. The van der Waals surface area contributed by atoms with Crippen molar-refractivity contribution >= 4 is 18.0 Å². The van der Waals surface area contributed by atoms with Crippen molar-refractivity contribution < 1.29 is 27.9 Å². The van der Waals surface area contributed by atoms with Crippen LogP contribution in [0.15, 0.2) is 41.3 Å². The van der Waals surface area contributed by atoms with E-state index in [-0.39, 0.29) is 17.4 Å². The third kappa shape index (κ3) is 4.89. The van der Waals surface area contributed by atoms with Gasteiger partial charge in [0, 0.05) is 11.8 Å². The Balaban J connectivity index is 1.72. The normalized spacial score (nSPS) is 25.9. The second-order valence-electron chi connectivity index (χ2n) is 10.5. The molecule has 2 aromatic rings. The smallest absolute Gasteiger partial charge is 0.425 e. The monoisotopic (exact) mass is 515 g/mol. The van der Waals surface area contributed by atoms with Gasteiger partial charge in [-0.05, 0) is 61.3 Å². The highest BCUT2D eigenvalue weighted by molar-refractivity contribution is 6.17. The Kier molecular flexibility index (Phi) is 7.21. The molecule has 8 nitrogen and oxygen atoms in total. The van der Waals surface area contributed by atoms with Crippen molar-refractivity contribution in [1.29, 1.82) is 0 Å². The van der Waals surface area contributed by atoms with Crippen LogP contribution in [0.1, 0.15) is 51.2 Å². The number of rotatable bonds is 5. The predicted molar refractivity (Wildman–Crippen MR) is 130 cm³/mol. The Morgan fingerprint density at radius 1 is 1.16 bits per heavy atom. The van der Waals surface area contributed by atoms with E-state index >= 15 is 0 Å². The van der Waals surface area contributed by atoms with Crippen molar-refractivity contribution in [2.24, 2.45) is 17.8 Å². The van der Waals surface area contributed by atoms with Gasteiger partial charge < -0.3 is 14.6 Å². The number of aryl methyl sites for hydroxylation is 1. The molecule has 4 amide bonds. The molecule has 4 rings (SSSR count). The summed E-state index contributed by atoms with van der Waals surface area (Å²) in [5.74, 6) is -2.82. The van der Waals surface area contributed by atoms with Crippen LogP contribution in [-0.4, -0.2) is 33.6 Å². The number of hydrogen-bond acceptors (Lipinski definition) is 5. The van der Waals surface area contributed by atoms with Crippen LogP contribution >= 0.6 is 0 Å². The molecule has 0 radical (unpaired) electrons. The topological polar surface area (TPSA) is 97.7 Å². The van der Waals surface area contributed by atoms with Gasteiger partial charge in [0.15, 0.2) is 17.2 Å². The second-order valence-corrected chi connectivity index (χ2v) is 10.5. The highest BCUT2D eigenvalue weighted by Gasteiger charge is 2.56. The molecule has 4 atom stereocenters. The number of benzene rings is 1. The van der Waals surface area contributed by atoms with E-state index < -0.39 is 53.4 Å². The number of halogens is 2. The maximum Gasteiger partial charge on any atom is 0.425 e. The fourth-order valence-corrected chi connectivity index (χ4v) is 5.37. The first kappa shape index (κ1) is 26.5. The quantitative estimate of drug-likeness (QED) is 0.593. The molecular weight excluding hydrogens is 484 g/mol. The van der Waals surface area contributed by atoms with Gasteiger partial charge >= 0.3 is 12.1 Å². The lowest BCUT2D eigenvalue weighted by molar-refractivity contribution is -0.131. The van der Waals surface area contributed by atoms with E-state index in [9.17, 15) is 28.0 Å². The van der Waals surface area contributed by atoms with Gasteiger partial charge in [0.05, 0.1) is 6.54 Å². The Labute approximate surface area is 213 Å². The number of pyridine rings is 1. The Morgan fingerprint density at radius 2 is 1.89 bits per heavy atom. The van der Waals surface area contributed by atoms with E-state index in [0.29, 0.717) is 22.8 Å². The first-order valence-electron chi connectivity index (χ1n) is 12.4. The molecule has 10 heteroatoms. The predicted octanol–water partition coefficient (Wildman–Crippen LogP) is 4.48. The SMILES string of the molecule is Cc1cccn(C[C@@]2(c3ccc(F)c(F)c3)NC(=O)N(C(=O)O[C@@H]3C[C@H](C)CC[C@H]3C(C)C)C2=O)c1=O. The summed E-state index contributed by atoms with van der Waals surface area (Å²) in [5, 5.41) is 2.47. The number of nitrogens with one attached hydrogen (secondary N) is 1. The minimum Gasteiger partial charge on any atom is -0.445 e. The lowest BCUT2D eigenvalue weighted by atomic mass is 9.75. The van der Waals surface area contributed by atoms with Crippen LogP contribution in [0, 0.1) is 36.3 Å². The van der Waals surface area contributed by atoms with Crippen LogP contribution in [0.25, 0.3) is 0 Å². The van der Waals surface area contributed by atoms with Crippen LogP contribution in [0.4, 0.5) is 18.4 Å². The number of carbonyl (C=O) groups excluding carboxylic acids is 3. The van der Waals surface area contributed by atoms with Crippen LogP contribution in [0.5, 0.6) is 0 Å². The van der Waals surface area contributed by atoms with E-state index in [4.69, 9.17) is 4.74 Å². The number of nitrogens with zero attached hydrogens (tertiary/aromatic N) is 2. The Bertz CT molecular complexity index is 1290. The summed E-state index contributed by atoms with van der Waals surface area (Å²) in [6.45, 7) is 7.25. The van der Waals surface area contributed by atoms with E-state index in [1.165, 1.54) is 10.8 Å². The van der Waals surface area contributed by atoms with Gasteiger partial charge in [-0.1, -0.05) is 39.3 Å². The van der Waals surface area contributed by atoms with Crippen molar-refractivity contribution in [2.75, 3.05) is 0 Å². The zero-order valence-corrected chi connectivity index (χ0v) is 21.3. The minimum absolute atomic E-state index is 0.0720. The summed E-state index contributed by atoms with van der Waals surface area (Å²) in [5.41, 5.74) is -2.22. The fraction of sp³-hybridized carbons (Fsp3) is 0.481. The van der Waals surface area contributed by atoms with E-state index in [2.05, 4.69) is 12.2 Å². The summed E-state index contributed by atoms with van der Waals surface area (Å²) in [6, 6.07) is 4.84. The number of imide groups is 3. The summed E-state index contributed by atoms with van der Waals surface area (Å²) in [4.78, 5) is 53.2. The Hall–Kier alpha value is -3.56. The molecule has 0 bridgehead atoms. The van der Waals surface area contributed by atoms with Gasteiger partial charge in [-0.25, -0.2) is 18.4 Å². The Morgan fingerprint density at radius 3 is 2.57 bits per heavy atom. The number of hydrogen-bond donors (Lipinski definition) is 1. The third-order valence-corrected chi connectivity index (χ3v) is 7.52. The molecule has 37 heavy (non-hydrogen) atoms. The van der Waals surface area contributed by atoms with Crippen molar-refractivity contribution in [3.05, 3.63) is 69.6 Å². The highest BCUT2D eigenvalue weighted by Crippen LogP contribution is 2.37. The van der Waals surface area contributed by atoms with Crippen molar-refractivity contribution in [3.63, 3.8) is 0 Å². The van der Waals surface area contributed by atoms with Gasteiger partial charge in [-0.3, -0.25) is 9.59 Å². The molecule has 1 saturated heterocycles. The van der Waals surface area contributed by atoms with Gasteiger partial charge in [0.2, 0.25) is 0 Å². The summed E-state index contributed by atoms with van der Waals surface area (Å²) in [7, 11) is 0. The number of ether oxygens (including phenoxy) is 1. The molecule has 2 aliphatic rings. The second kappa shape index (κ2) is 10.1. The molecule has 1 aromatic heterocycles. The molecule has 1 aliphatic carbocycles. The minimum atomic E-state index is -2.04. The van der Waals surface area contributed by atoms with Gasteiger partial charge in [-0.2, -0.15) is 4.90 Å². The molecule has 0 unspecified atom stereocenters. The van der Waals surface area contributed by atoms with Crippen molar-refractivity contribution in [1.82, 2.24) is 14.8 Å². The number of aromatic nitrogens is 1. The van der Waals surface area contributed by atoms with E-state index in [1.807, 2.05) is 13.8 Å². The average molecular weight is 516 g/mol. The summed E-state index contributed by atoms with van der Waals surface area (Å²) in [6.07, 6.45) is 2.25. The highest BCUT2D eigenvalue weighted by atomic mass is 19.2. The lowest BCUT2D eigenvalue weighted by Gasteiger charge is -2.37. The molecule has 1 aliphatic heterocycles. The number of carbonyl (C=O) groups is 3. The van der Waals surface area contributed by atoms with Crippen LogP contribution in [-0.2, 0) is 21.6 Å². The first-order valence-corrected chi connectivity index (χ1v) is 12.4. The third-order valence-electron chi connectivity index (χ3n) is 7.52. The molecule has 198 valence electrons. The average Bonchev–Trinajstić information content (AvgIpc) is 3.08. The molecule has 1 N–H and O–H groups in total.